The number of ether oxygens (including phenoxy) is 3. The summed E-state index contributed by atoms with van der Waals surface area (Å²) in [4.78, 5) is 36.4. The molecule has 0 saturated heterocycles. The first-order valence-electron chi connectivity index (χ1n) is 12.1. The molecule has 0 bridgehead atoms. The van der Waals surface area contributed by atoms with Gasteiger partial charge in [-0.1, -0.05) is 44.9 Å². The summed E-state index contributed by atoms with van der Waals surface area (Å²) < 4.78 is 16.0. The van der Waals surface area contributed by atoms with Crippen molar-refractivity contribution in [3.05, 3.63) is 0 Å². The molecule has 0 aromatic heterocycles. The summed E-state index contributed by atoms with van der Waals surface area (Å²) in [6, 6.07) is 0. The third kappa shape index (κ3) is 17.0. The second-order valence-corrected chi connectivity index (χ2v) is 8.26. The Kier molecular flexibility index (Phi) is 18.9. The first kappa shape index (κ1) is 30.3. The number of hydrogen-bond donors (Lipinski definition) is 1. The average Bonchev–Trinajstić information content (AvgIpc) is 2.78. The summed E-state index contributed by atoms with van der Waals surface area (Å²) in [7, 11) is 3.36. The van der Waals surface area contributed by atoms with Gasteiger partial charge in [-0.3, -0.25) is 14.4 Å². The quantitative estimate of drug-likeness (QED) is 0.222. The zero-order valence-corrected chi connectivity index (χ0v) is 21.0. The van der Waals surface area contributed by atoms with Crippen LogP contribution in [-0.4, -0.2) is 75.4 Å². The molecule has 0 aromatic rings. The molecule has 32 heavy (non-hydrogen) atoms. The standard InChI is InChI=1S/C24H46N2O6/c1-6-30-24(29)16-14-12-10-8-7-9-11-13-15-17-26(5)23(28)19-32-21(3)20(2)31-18-22(27)25-4/h20-21H,6-19H2,1-5H3,(H,25,27). The van der Waals surface area contributed by atoms with Crippen molar-refractivity contribution in [2.75, 3.05) is 40.5 Å². The molecule has 2 atom stereocenters. The highest BCUT2D eigenvalue weighted by atomic mass is 16.5. The van der Waals surface area contributed by atoms with Gasteiger partial charge in [-0.15, -0.1) is 0 Å². The molecule has 2 unspecified atom stereocenters. The van der Waals surface area contributed by atoms with Gasteiger partial charge in [0.15, 0.2) is 0 Å². The molecule has 0 radical (unpaired) electrons. The van der Waals surface area contributed by atoms with Crippen molar-refractivity contribution in [2.45, 2.75) is 97.2 Å². The van der Waals surface area contributed by atoms with Crippen LogP contribution in [-0.2, 0) is 28.6 Å². The third-order valence-electron chi connectivity index (χ3n) is 5.49. The topological polar surface area (TPSA) is 94.2 Å². The summed E-state index contributed by atoms with van der Waals surface area (Å²) in [5.41, 5.74) is 0. The highest BCUT2D eigenvalue weighted by molar-refractivity contribution is 5.77. The Hall–Kier alpha value is -1.67. The number of nitrogens with zero attached hydrogens (tertiary/aromatic N) is 1. The van der Waals surface area contributed by atoms with Crippen LogP contribution in [0.4, 0.5) is 0 Å². The summed E-state index contributed by atoms with van der Waals surface area (Å²) in [5, 5.41) is 2.50. The Morgan fingerprint density at radius 2 is 1.31 bits per heavy atom. The van der Waals surface area contributed by atoms with E-state index in [9.17, 15) is 14.4 Å². The minimum absolute atomic E-state index is 0.0154. The summed E-state index contributed by atoms with van der Waals surface area (Å²) >= 11 is 0. The lowest BCUT2D eigenvalue weighted by Gasteiger charge is -2.22. The van der Waals surface area contributed by atoms with Gasteiger partial charge in [0.1, 0.15) is 13.2 Å². The maximum absolute atomic E-state index is 12.2. The first-order valence-corrected chi connectivity index (χ1v) is 12.1. The van der Waals surface area contributed by atoms with E-state index in [1.165, 1.54) is 32.1 Å². The second-order valence-electron chi connectivity index (χ2n) is 8.26. The number of likely N-dealkylation sites (N-methyl/N-ethyl adjacent to an activating group) is 2. The molecule has 0 heterocycles. The summed E-state index contributed by atoms with van der Waals surface area (Å²) in [5.74, 6) is -0.317. The van der Waals surface area contributed by atoms with Crippen LogP contribution in [0.2, 0.25) is 0 Å². The monoisotopic (exact) mass is 458 g/mol. The van der Waals surface area contributed by atoms with Gasteiger partial charge >= 0.3 is 5.97 Å². The van der Waals surface area contributed by atoms with Crippen molar-refractivity contribution >= 4 is 17.8 Å². The number of carbonyl (C=O) groups is 3. The molecule has 0 aliphatic heterocycles. The Morgan fingerprint density at radius 3 is 1.84 bits per heavy atom. The van der Waals surface area contributed by atoms with E-state index in [1.54, 1.807) is 19.0 Å². The van der Waals surface area contributed by atoms with Crippen molar-refractivity contribution < 1.29 is 28.6 Å². The highest BCUT2D eigenvalue weighted by Crippen LogP contribution is 2.11. The van der Waals surface area contributed by atoms with E-state index in [2.05, 4.69) is 5.32 Å². The predicted molar refractivity (Wildman–Crippen MR) is 125 cm³/mol. The van der Waals surface area contributed by atoms with Crippen LogP contribution in [0.15, 0.2) is 0 Å². The van der Waals surface area contributed by atoms with Crippen LogP contribution >= 0.6 is 0 Å². The highest BCUT2D eigenvalue weighted by Gasteiger charge is 2.17. The lowest BCUT2D eigenvalue weighted by molar-refractivity contribution is -0.143. The molecule has 8 heteroatoms. The minimum atomic E-state index is -0.276. The molecular formula is C24H46N2O6. The van der Waals surface area contributed by atoms with Crippen LogP contribution in [0, 0.1) is 0 Å². The summed E-state index contributed by atoms with van der Waals surface area (Å²) in [6.07, 6.45) is 10.1. The number of carbonyl (C=O) groups excluding carboxylic acids is 3. The van der Waals surface area contributed by atoms with Gasteiger partial charge in [0.05, 0.1) is 18.8 Å². The van der Waals surface area contributed by atoms with Crippen molar-refractivity contribution in [1.29, 1.82) is 0 Å². The van der Waals surface area contributed by atoms with E-state index in [0.717, 1.165) is 32.2 Å². The van der Waals surface area contributed by atoms with E-state index in [1.807, 2.05) is 20.8 Å². The Labute approximate surface area is 194 Å². The van der Waals surface area contributed by atoms with E-state index in [-0.39, 0.29) is 43.2 Å². The third-order valence-corrected chi connectivity index (χ3v) is 5.49. The number of hydrogen-bond acceptors (Lipinski definition) is 6. The van der Waals surface area contributed by atoms with Crippen LogP contribution in [0.25, 0.3) is 0 Å². The number of amides is 2. The van der Waals surface area contributed by atoms with Crippen molar-refractivity contribution in [1.82, 2.24) is 10.2 Å². The molecule has 8 nitrogen and oxygen atoms in total. The van der Waals surface area contributed by atoms with Gasteiger partial charge in [-0.25, -0.2) is 0 Å². The van der Waals surface area contributed by atoms with Crippen molar-refractivity contribution in [3.63, 3.8) is 0 Å². The van der Waals surface area contributed by atoms with E-state index >= 15 is 0 Å². The van der Waals surface area contributed by atoms with Crippen molar-refractivity contribution in [3.8, 4) is 0 Å². The molecule has 0 aromatic carbocycles. The zero-order valence-electron chi connectivity index (χ0n) is 21.0. The van der Waals surface area contributed by atoms with Gasteiger partial charge in [-0.2, -0.15) is 0 Å². The predicted octanol–water partition coefficient (Wildman–Crippen LogP) is 3.47. The van der Waals surface area contributed by atoms with Gasteiger partial charge in [0, 0.05) is 27.1 Å². The first-order chi connectivity index (χ1) is 15.3. The lowest BCUT2D eigenvalue weighted by atomic mass is 10.1. The van der Waals surface area contributed by atoms with Crippen LogP contribution in [0.5, 0.6) is 0 Å². The van der Waals surface area contributed by atoms with Gasteiger partial charge in [-0.05, 0) is 33.6 Å². The van der Waals surface area contributed by atoms with E-state index in [0.29, 0.717) is 13.0 Å². The smallest absolute Gasteiger partial charge is 0.305 e. The Bertz CT molecular complexity index is 515. The fraction of sp³-hybridized carbons (Fsp3) is 0.875. The number of esters is 1. The molecule has 2 amide bonds. The normalized spacial score (nSPS) is 12.8. The Balaban J connectivity index is 3.63. The molecular weight excluding hydrogens is 412 g/mol. The average molecular weight is 459 g/mol. The molecule has 0 rings (SSSR count). The molecule has 0 aliphatic rings. The zero-order chi connectivity index (χ0) is 24.2. The molecule has 0 aliphatic carbocycles. The molecule has 0 spiro atoms. The van der Waals surface area contributed by atoms with Crippen LogP contribution < -0.4 is 5.32 Å². The van der Waals surface area contributed by atoms with Gasteiger partial charge in [0.2, 0.25) is 11.8 Å². The maximum atomic E-state index is 12.2. The lowest BCUT2D eigenvalue weighted by Crippen LogP contribution is -2.36. The minimum Gasteiger partial charge on any atom is -0.466 e. The molecule has 1 N–H and O–H groups in total. The fourth-order valence-corrected chi connectivity index (χ4v) is 3.08. The van der Waals surface area contributed by atoms with Gasteiger partial charge < -0.3 is 24.4 Å². The second kappa shape index (κ2) is 20.0. The largest absolute Gasteiger partial charge is 0.466 e. The van der Waals surface area contributed by atoms with Crippen LogP contribution in [0.3, 0.4) is 0 Å². The van der Waals surface area contributed by atoms with E-state index < -0.39 is 0 Å². The SMILES string of the molecule is CCOC(=O)CCCCCCCCCCCN(C)C(=O)COC(C)C(C)OCC(=O)NC. The van der Waals surface area contributed by atoms with E-state index in [4.69, 9.17) is 14.2 Å². The molecule has 0 saturated carbocycles. The number of unbranched alkanes of at least 4 members (excludes halogenated alkanes) is 8. The molecule has 188 valence electrons. The van der Waals surface area contributed by atoms with Crippen LogP contribution in [0.1, 0.15) is 85.0 Å². The molecule has 0 fully saturated rings. The Morgan fingerprint density at radius 1 is 0.812 bits per heavy atom. The maximum Gasteiger partial charge on any atom is 0.305 e. The fourth-order valence-electron chi connectivity index (χ4n) is 3.08. The summed E-state index contributed by atoms with van der Waals surface area (Å²) in [6.45, 7) is 6.68. The number of rotatable bonds is 20. The van der Waals surface area contributed by atoms with Gasteiger partial charge in [0.25, 0.3) is 0 Å². The van der Waals surface area contributed by atoms with Crippen molar-refractivity contribution in [2.24, 2.45) is 0 Å². The number of nitrogens with one attached hydrogen (secondary N) is 1.